The molecule has 104 valence electrons. The van der Waals surface area contributed by atoms with E-state index in [0.29, 0.717) is 28.0 Å². The van der Waals surface area contributed by atoms with Crippen molar-refractivity contribution in [1.29, 1.82) is 0 Å². The molecule has 0 saturated heterocycles. The van der Waals surface area contributed by atoms with Gasteiger partial charge in [-0.25, -0.2) is 0 Å². The number of fused-ring (bicyclic) bond motifs is 2. The molecular formula is C18H14O3. The van der Waals surface area contributed by atoms with Gasteiger partial charge in [-0.1, -0.05) is 42.5 Å². The third kappa shape index (κ3) is 1.89. The van der Waals surface area contributed by atoms with Gasteiger partial charge in [0, 0.05) is 22.3 Å². The van der Waals surface area contributed by atoms with E-state index in [2.05, 4.69) is 0 Å². The Kier molecular flexibility index (Phi) is 3.18. The minimum Gasteiger partial charge on any atom is -0.495 e. The first-order chi connectivity index (χ1) is 10.2. The third-order valence-corrected chi connectivity index (χ3v) is 3.63. The SMILES string of the molecule is CC=Cc1ccc2c(c1OC)C(=O)c1ccccc1C2=O. The molecule has 0 atom stereocenters. The van der Waals surface area contributed by atoms with Crippen molar-refractivity contribution in [2.75, 3.05) is 7.11 Å². The lowest BCUT2D eigenvalue weighted by molar-refractivity contribution is 0.0976. The summed E-state index contributed by atoms with van der Waals surface area (Å²) in [6.45, 7) is 1.89. The van der Waals surface area contributed by atoms with E-state index in [-0.39, 0.29) is 11.6 Å². The van der Waals surface area contributed by atoms with Crippen LogP contribution in [0.1, 0.15) is 44.3 Å². The van der Waals surface area contributed by atoms with Crippen molar-refractivity contribution < 1.29 is 14.3 Å². The second-order valence-corrected chi connectivity index (χ2v) is 4.81. The summed E-state index contributed by atoms with van der Waals surface area (Å²) in [5.74, 6) is 0.160. The molecule has 0 saturated carbocycles. The molecule has 0 unspecified atom stereocenters. The predicted molar refractivity (Wildman–Crippen MR) is 81.0 cm³/mol. The van der Waals surface area contributed by atoms with Gasteiger partial charge in [0.2, 0.25) is 0 Å². The fraction of sp³-hybridized carbons (Fsp3) is 0.111. The molecule has 3 rings (SSSR count). The van der Waals surface area contributed by atoms with Crippen molar-refractivity contribution in [3.63, 3.8) is 0 Å². The average molecular weight is 278 g/mol. The molecule has 1 aliphatic carbocycles. The first-order valence-electron chi connectivity index (χ1n) is 6.71. The Balaban J connectivity index is 2.33. The van der Waals surface area contributed by atoms with Crippen molar-refractivity contribution >= 4 is 17.6 Å². The number of rotatable bonds is 2. The normalized spacial score (nSPS) is 13.2. The summed E-state index contributed by atoms with van der Waals surface area (Å²) < 4.78 is 5.41. The van der Waals surface area contributed by atoms with Gasteiger partial charge in [-0.3, -0.25) is 9.59 Å². The van der Waals surface area contributed by atoms with E-state index in [9.17, 15) is 9.59 Å². The molecule has 0 spiro atoms. The minimum absolute atomic E-state index is 0.134. The van der Waals surface area contributed by atoms with Crippen LogP contribution in [0.3, 0.4) is 0 Å². The van der Waals surface area contributed by atoms with E-state index >= 15 is 0 Å². The third-order valence-electron chi connectivity index (χ3n) is 3.63. The van der Waals surface area contributed by atoms with Crippen LogP contribution in [0, 0.1) is 0 Å². The van der Waals surface area contributed by atoms with E-state index < -0.39 is 0 Å². The Morgan fingerprint density at radius 3 is 2.19 bits per heavy atom. The number of ketones is 2. The number of ether oxygens (including phenoxy) is 1. The van der Waals surface area contributed by atoms with Gasteiger partial charge in [0.25, 0.3) is 0 Å². The van der Waals surface area contributed by atoms with Crippen LogP contribution in [0.2, 0.25) is 0 Å². The van der Waals surface area contributed by atoms with Crippen LogP contribution < -0.4 is 4.74 Å². The summed E-state index contributed by atoms with van der Waals surface area (Å²) in [4.78, 5) is 25.3. The van der Waals surface area contributed by atoms with Gasteiger partial charge in [0.05, 0.1) is 12.7 Å². The molecule has 2 aromatic carbocycles. The zero-order valence-corrected chi connectivity index (χ0v) is 11.8. The monoisotopic (exact) mass is 278 g/mol. The molecule has 0 aromatic heterocycles. The number of benzene rings is 2. The highest BCUT2D eigenvalue weighted by Gasteiger charge is 2.32. The number of hydrogen-bond acceptors (Lipinski definition) is 3. The van der Waals surface area contributed by atoms with Crippen LogP contribution in [0.5, 0.6) is 5.75 Å². The maximum absolute atomic E-state index is 12.7. The smallest absolute Gasteiger partial charge is 0.198 e. The zero-order valence-electron chi connectivity index (χ0n) is 11.8. The second-order valence-electron chi connectivity index (χ2n) is 4.81. The lowest BCUT2D eigenvalue weighted by atomic mass is 9.82. The topological polar surface area (TPSA) is 43.4 Å². The minimum atomic E-state index is -0.164. The number of methoxy groups -OCH3 is 1. The van der Waals surface area contributed by atoms with Crippen molar-refractivity contribution in [3.8, 4) is 5.75 Å². The average Bonchev–Trinajstić information content (AvgIpc) is 2.52. The molecule has 0 radical (unpaired) electrons. The van der Waals surface area contributed by atoms with E-state index in [0.717, 1.165) is 5.56 Å². The van der Waals surface area contributed by atoms with Crippen molar-refractivity contribution in [2.24, 2.45) is 0 Å². The molecule has 3 nitrogen and oxygen atoms in total. The molecule has 0 bridgehead atoms. The van der Waals surface area contributed by atoms with E-state index in [4.69, 9.17) is 4.74 Å². The van der Waals surface area contributed by atoms with Crippen LogP contribution in [0.4, 0.5) is 0 Å². The molecule has 3 heteroatoms. The summed E-state index contributed by atoms with van der Waals surface area (Å²) in [6, 6.07) is 10.4. The molecule has 0 heterocycles. The number of hydrogen-bond donors (Lipinski definition) is 0. The Bertz CT molecular complexity index is 785. The van der Waals surface area contributed by atoms with E-state index in [1.165, 1.54) is 7.11 Å². The molecular weight excluding hydrogens is 264 g/mol. The van der Waals surface area contributed by atoms with Crippen LogP contribution in [-0.2, 0) is 0 Å². The highest BCUT2D eigenvalue weighted by Crippen LogP contribution is 2.36. The summed E-state index contributed by atoms with van der Waals surface area (Å²) in [6.07, 6.45) is 3.73. The van der Waals surface area contributed by atoms with E-state index in [1.807, 2.05) is 19.1 Å². The lowest BCUT2D eigenvalue weighted by Gasteiger charge is -2.20. The van der Waals surface area contributed by atoms with Crippen molar-refractivity contribution in [2.45, 2.75) is 6.92 Å². The maximum atomic E-state index is 12.7. The highest BCUT2D eigenvalue weighted by molar-refractivity contribution is 6.29. The van der Waals surface area contributed by atoms with Crippen LogP contribution in [0.15, 0.2) is 42.5 Å². The van der Waals surface area contributed by atoms with Gasteiger partial charge in [-0.15, -0.1) is 0 Å². The standard InChI is InChI=1S/C18H14O3/c1-3-6-11-9-10-14-15(18(11)21-2)17(20)13-8-5-4-7-12(13)16(14)19/h3-10H,1-2H3. The predicted octanol–water partition coefficient (Wildman–Crippen LogP) is 3.50. The molecule has 0 aliphatic heterocycles. The Morgan fingerprint density at radius 1 is 0.905 bits per heavy atom. The van der Waals surface area contributed by atoms with Gasteiger partial charge >= 0.3 is 0 Å². The van der Waals surface area contributed by atoms with Gasteiger partial charge in [-0.05, 0) is 13.0 Å². The molecule has 1 aliphatic rings. The first-order valence-corrected chi connectivity index (χ1v) is 6.71. The molecule has 0 amide bonds. The molecule has 0 N–H and O–H groups in total. The highest BCUT2D eigenvalue weighted by atomic mass is 16.5. The molecule has 21 heavy (non-hydrogen) atoms. The summed E-state index contributed by atoms with van der Waals surface area (Å²) in [5.41, 5.74) is 2.45. The van der Waals surface area contributed by atoms with Crippen LogP contribution in [0.25, 0.3) is 6.08 Å². The van der Waals surface area contributed by atoms with E-state index in [1.54, 1.807) is 36.4 Å². The molecule has 0 fully saturated rings. The zero-order chi connectivity index (χ0) is 15.0. The lowest BCUT2D eigenvalue weighted by Crippen LogP contribution is -2.21. The van der Waals surface area contributed by atoms with Gasteiger partial charge < -0.3 is 4.74 Å². The molecule has 2 aromatic rings. The van der Waals surface area contributed by atoms with Crippen LogP contribution in [-0.4, -0.2) is 18.7 Å². The fourth-order valence-electron chi connectivity index (χ4n) is 2.70. The number of carbonyl (C=O) groups is 2. The van der Waals surface area contributed by atoms with Gasteiger partial charge in [0.1, 0.15) is 5.75 Å². The fourth-order valence-corrected chi connectivity index (χ4v) is 2.70. The summed E-state index contributed by atoms with van der Waals surface area (Å²) >= 11 is 0. The second kappa shape index (κ2) is 5.02. The Morgan fingerprint density at radius 2 is 1.57 bits per heavy atom. The van der Waals surface area contributed by atoms with Crippen molar-refractivity contribution in [3.05, 3.63) is 70.3 Å². The number of allylic oxidation sites excluding steroid dienone is 1. The summed E-state index contributed by atoms with van der Waals surface area (Å²) in [5, 5.41) is 0. The van der Waals surface area contributed by atoms with Crippen LogP contribution >= 0.6 is 0 Å². The Labute approximate surface area is 122 Å². The number of carbonyl (C=O) groups excluding carboxylic acids is 2. The van der Waals surface area contributed by atoms with Gasteiger partial charge in [-0.2, -0.15) is 0 Å². The largest absolute Gasteiger partial charge is 0.495 e. The first kappa shape index (κ1) is 13.3. The van der Waals surface area contributed by atoms with Gasteiger partial charge in [0.15, 0.2) is 11.6 Å². The summed E-state index contributed by atoms with van der Waals surface area (Å²) in [7, 11) is 1.51. The Hall–Kier alpha value is -2.68. The quantitative estimate of drug-likeness (QED) is 0.720. The maximum Gasteiger partial charge on any atom is 0.198 e. The van der Waals surface area contributed by atoms with Crippen molar-refractivity contribution in [1.82, 2.24) is 0 Å².